The molecule has 0 saturated carbocycles. The monoisotopic (exact) mass is 393 g/mol. The molecule has 0 aliphatic carbocycles. The molecule has 1 aliphatic heterocycles. The van der Waals surface area contributed by atoms with Crippen molar-refractivity contribution >= 4 is 27.8 Å². The maximum absolute atomic E-state index is 11.2. The summed E-state index contributed by atoms with van der Waals surface area (Å²) < 4.78 is 22.9. The Bertz CT molecular complexity index is 1180. The third-order valence-corrected chi connectivity index (χ3v) is 5.06. The molecule has 1 fully saturated rings. The third kappa shape index (κ3) is 3.40. The number of ether oxygens (including phenoxy) is 3. The van der Waals surface area contributed by atoms with Crippen LogP contribution in [0.4, 0.5) is 0 Å². The number of benzene rings is 2. The Balaban J connectivity index is 1.35. The van der Waals surface area contributed by atoms with Crippen molar-refractivity contribution in [2.75, 3.05) is 13.2 Å². The van der Waals surface area contributed by atoms with Gasteiger partial charge in [0.05, 0.1) is 19.5 Å². The van der Waals surface area contributed by atoms with E-state index in [1.807, 2.05) is 36.4 Å². The summed E-state index contributed by atoms with van der Waals surface area (Å²) in [6.45, 7) is 1.65. The second kappa shape index (κ2) is 7.18. The van der Waals surface area contributed by atoms with E-state index in [9.17, 15) is 9.90 Å². The number of furan rings is 1. The lowest BCUT2D eigenvalue weighted by Crippen LogP contribution is -2.15. The fraction of sp³-hybridized carbons (Fsp3) is 0.227. The van der Waals surface area contributed by atoms with E-state index in [0.717, 1.165) is 46.2 Å². The second-order valence-corrected chi connectivity index (χ2v) is 7.02. The number of H-pyrrole nitrogens is 1. The molecule has 0 bridgehead atoms. The number of aromatic amines is 1. The van der Waals surface area contributed by atoms with Gasteiger partial charge in [-0.05, 0) is 30.3 Å². The number of rotatable bonds is 6. The molecule has 1 saturated heterocycles. The number of aromatic nitrogens is 1. The van der Waals surface area contributed by atoms with E-state index in [1.54, 1.807) is 12.3 Å². The van der Waals surface area contributed by atoms with Gasteiger partial charge in [-0.15, -0.1) is 0 Å². The van der Waals surface area contributed by atoms with E-state index in [1.165, 1.54) is 0 Å². The minimum atomic E-state index is -1.00. The SMILES string of the molecule is O=C(O)c1cc2c(OCc3coc4cc(OC5CCOC5)ccc34)cccc2[nH]1. The quantitative estimate of drug-likeness (QED) is 0.506. The van der Waals surface area contributed by atoms with Crippen LogP contribution < -0.4 is 9.47 Å². The molecular weight excluding hydrogens is 374 g/mol. The number of carbonyl (C=O) groups is 1. The predicted molar refractivity (Wildman–Crippen MR) is 106 cm³/mol. The summed E-state index contributed by atoms with van der Waals surface area (Å²) in [7, 11) is 0. The van der Waals surface area contributed by atoms with E-state index >= 15 is 0 Å². The van der Waals surface area contributed by atoms with Crippen LogP contribution in [0.25, 0.3) is 21.9 Å². The molecule has 1 unspecified atom stereocenters. The normalized spacial score (nSPS) is 16.5. The highest BCUT2D eigenvalue weighted by Gasteiger charge is 2.18. The lowest BCUT2D eigenvalue weighted by Gasteiger charge is -2.11. The van der Waals surface area contributed by atoms with Crippen molar-refractivity contribution in [2.45, 2.75) is 19.1 Å². The van der Waals surface area contributed by atoms with E-state index in [4.69, 9.17) is 18.6 Å². The zero-order valence-corrected chi connectivity index (χ0v) is 15.5. The third-order valence-electron chi connectivity index (χ3n) is 5.06. The van der Waals surface area contributed by atoms with Gasteiger partial charge < -0.3 is 28.7 Å². The smallest absolute Gasteiger partial charge is 0.352 e. The van der Waals surface area contributed by atoms with Crippen molar-refractivity contribution in [1.82, 2.24) is 4.98 Å². The van der Waals surface area contributed by atoms with Gasteiger partial charge in [0.15, 0.2) is 0 Å². The van der Waals surface area contributed by atoms with Crippen LogP contribution in [0.3, 0.4) is 0 Å². The molecule has 1 atom stereocenters. The zero-order chi connectivity index (χ0) is 19.8. The van der Waals surface area contributed by atoms with Gasteiger partial charge in [-0.25, -0.2) is 4.79 Å². The van der Waals surface area contributed by atoms with Crippen LogP contribution in [-0.2, 0) is 11.3 Å². The summed E-state index contributed by atoms with van der Waals surface area (Å²) in [6.07, 6.45) is 2.65. The molecule has 2 aromatic carbocycles. The number of nitrogens with one attached hydrogen (secondary N) is 1. The van der Waals surface area contributed by atoms with Crippen LogP contribution in [0.1, 0.15) is 22.5 Å². The van der Waals surface area contributed by atoms with Crippen LogP contribution in [-0.4, -0.2) is 35.4 Å². The largest absolute Gasteiger partial charge is 0.488 e. The molecule has 3 heterocycles. The van der Waals surface area contributed by atoms with Gasteiger partial charge in [-0.2, -0.15) is 0 Å². The summed E-state index contributed by atoms with van der Waals surface area (Å²) in [5, 5.41) is 10.9. The maximum atomic E-state index is 11.2. The summed E-state index contributed by atoms with van der Waals surface area (Å²) >= 11 is 0. The molecule has 148 valence electrons. The van der Waals surface area contributed by atoms with Crippen LogP contribution in [0, 0.1) is 0 Å². The molecule has 5 rings (SSSR count). The number of aromatic carboxylic acids is 1. The average molecular weight is 393 g/mol. The Morgan fingerprint density at radius 3 is 2.97 bits per heavy atom. The predicted octanol–water partition coefficient (Wildman–Crippen LogP) is 4.36. The molecule has 7 heteroatoms. The summed E-state index contributed by atoms with van der Waals surface area (Å²) in [5.41, 5.74) is 2.48. The van der Waals surface area contributed by atoms with Crippen molar-refractivity contribution in [2.24, 2.45) is 0 Å². The fourth-order valence-corrected chi connectivity index (χ4v) is 3.57. The lowest BCUT2D eigenvalue weighted by atomic mass is 10.2. The first-order valence-corrected chi connectivity index (χ1v) is 9.40. The first-order valence-electron chi connectivity index (χ1n) is 9.40. The highest BCUT2D eigenvalue weighted by molar-refractivity contribution is 5.96. The Labute approximate surface area is 165 Å². The van der Waals surface area contributed by atoms with Gasteiger partial charge >= 0.3 is 5.97 Å². The zero-order valence-electron chi connectivity index (χ0n) is 15.5. The van der Waals surface area contributed by atoms with Crippen molar-refractivity contribution < 1.29 is 28.5 Å². The molecule has 29 heavy (non-hydrogen) atoms. The number of hydrogen-bond acceptors (Lipinski definition) is 5. The van der Waals surface area contributed by atoms with Crippen molar-refractivity contribution in [3.05, 3.63) is 60.0 Å². The molecule has 0 spiro atoms. The Morgan fingerprint density at radius 2 is 2.14 bits per heavy atom. The topological polar surface area (TPSA) is 93.9 Å². The minimum Gasteiger partial charge on any atom is -0.488 e. The average Bonchev–Trinajstić information content (AvgIpc) is 3.45. The van der Waals surface area contributed by atoms with Crippen molar-refractivity contribution in [1.29, 1.82) is 0 Å². The van der Waals surface area contributed by atoms with Crippen LogP contribution in [0.15, 0.2) is 53.1 Å². The van der Waals surface area contributed by atoms with Gasteiger partial charge in [0.25, 0.3) is 0 Å². The van der Waals surface area contributed by atoms with Crippen LogP contribution in [0.5, 0.6) is 11.5 Å². The lowest BCUT2D eigenvalue weighted by molar-refractivity contribution is 0.0691. The van der Waals surface area contributed by atoms with Gasteiger partial charge in [0.2, 0.25) is 0 Å². The summed E-state index contributed by atoms with van der Waals surface area (Å²) in [5.74, 6) is 0.366. The van der Waals surface area contributed by atoms with E-state index in [2.05, 4.69) is 4.98 Å². The van der Waals surface area contributed by atoms with Crippen LogP contribution >= 0.6 is 0 Å². The summed E-state index contributed by atoms with van der Waals surface area (Å²) in [6, 6.07) is 12.8. The second-order valence-electron chi connectivity index (χ2n) is 7.02. The van der Waals surface area contributed by atoms with Crippen molar-refractivity contribution in [3.8, 4) is 11.5 Å². The standard InChI is InChI=1S/C22H19NO6/c24-22(25)19-9-17-18(23-19)2-1-3-20(17)27-10-13-11-28-21-8-14(4-5-16(13)21)29-15-6-7-26-12-15/h1-5,8-9,11,15,23H,6-7,10,12H2,(H,24,25). The fourth-order valence-electron chi connectivity index (χ4n) is 3.57. The molecule has 4 aromatic rings. The molecule has 2 aromatic heterocycles. The van der Waals surface area contributed by atoms with Crippen molar-refractivity contribution in [3.63, 3.8) is 0 Å². The Kier molecular flexibility index (Phi) is 4.37. The molecule has 0 amide bonds. The molecule has 1 aliphatic rings. The molecular formula is C22H19NO6. The Morgan fingerprint density at radius 1 is 1.21 bits per heavy atom. The van der Waals surface area contributed by atoms with E-state index in [0.29, 0.717) is 19.0 Å². The first-order chi connectivity index (χ1) is 14.2. The van der Waals surface area contributed by atoms with Gasteiger partial charge in [0, 0.05) is 34.3 Å². The maximum Gasteiger partial charge on any atom is 0.352 e. The van der Waals surface area contributed by atoms with E-state index in [-0.39, 0.29) is 11.8 Å². The minimum absolute atomic E-state index is 0.0859. The number of hydrogen-bond donors (Lipinski definition) is 2. The number of carboxylic acid groups (broad SMARTS) is 1. The Hall–Kier alpha value is -3.45. The molecule has 2 N–H and O–H groups in total. The van der Waals surface area contributed by atoms with Gasteiger partial charge in [0.1, 0.15) is 35.5 Å². The molecule has 0 radical (unpaired) electrons. The van der Waals surface area contributed by atoms with Gasteiger partial charge in [-0.3, -0.25) is 0 Å². The van der Waals surface area contributed by atoms with Gasteiger partial charge in [-0.1, -0.05) is 6.07 Å². The van der Waals surface area contributed by atoms with E-state index < -0.39 is 5.97 Å². The first kappa shape index (κ1) is 17.6. The molecule has 7 nitrogen and oxygen atoms in total. The number of fused-ring (bicyclic) bond motifs is 2. The summed E-state index contributed by atoms with van der Waals surface area (Å²) in [4.78, 5) is 14.1. The highest BCUT2D eigenvalue weighted by atomic mass is 16.5. The number of carboxylic acids is 1. The highest BCUT2D eigenvalue weighted by Crippen LogP contribution is 2.30. The van der Waals surface area contributed by atoms with Crippen LogP contribution in [0.2, 0.25) is 0 Å².